The molecule has 1 unspecified atom stereocenters. The summed E-state index contributed by atoms with van der Waals surface area (Å²) in [6, 6.07) is 7.51. The first kappa shape index (κ1) is 17.2. The Balaban J connectivity index is 2.81. The van der Waals surface area contributed by atoms with Crippen molar-refractivity contribution >= 4 is 9.84 Å². The van der Waals surface area contributed by atoms with Crippen LogP contribution < -0.4 is 5.73 Å². The molecule has 3 nitrogen and oxygen atoms in total. The van der Waals surface area contributed by atoms with Gasteiger partial charge in [-0.3, -0.25) is 0 Å². The van der Waals surface area contributed by atoms with Crippen LogP contribution in [0.1, 0.15) is 51.8 Å². The SMILES string of the molecule is CC(C)Cc1ccc(C(N)CS(=O)(=O)C(C)(C)C)cc1. The van der Waals surface area contributed by atoms with E-state index in [0.717, 1.165) is 12.0 Å². The summed E-state index contributed by atoms with van der Waals surface area (Å²) in [5.41, 5.74) is 8.19. The largest absolute Gasteiger partial charge is 0.323 e. The van der Waals surface area contributed by atoms with Crippen LogP contribution in [-0.2, 0) is 16.3 Å². The van der Waals surface area contributed by atoms with Crippen LogP contribution in [0.5, 0.6) is 0 Å². The van der Waals surface area contributed by atoms with Crippen LogP contribution >= 0.6 is 0 Å². The van der Waals surface area contributed by atoms with Crippen molar-refractivity contribution in [2.75, 3.05) is 5.75 Å². The highest BCUT2D eigenvalue weighted by Crippen LogP contribution is 2.22. The van der Waals surface area contributed by atoms with Crippen LogP contribution in [0.2, 0.25) is 0 Å². The van der Waals surface area contributed by atoms with E-state index in [-0.39, 0.29) is 5.75 Å². The van der Waals surface area contributed by atoms with E-state index in [1.54, 1.807) is 20.8 Å². The molecule has 0 spiro atoms. The summed E-state index contributed by atoms with van der Waals surface area (Å²) in [7, 11) is -3.20. The van der Waals surface area contributed by atoms with E-state index < -0.39 is 20.6 Å². The molecule has 0 bridgehead atoms. The number of rotatable bonds is 5. The highest BCUT2D eigenvalue weighted by atomic mass is 32.2. The average molecular weight is 297 g/mol. The van der Waals surface area contributed by atoms with Gasteiger partial charge in [0.05, 0.1) is 10.5 Å². The fraction of sp³-hybridized carbons (Fsp3) is 0.625. The molecule has 114 valence electrons. The van der Waals surface area contributed by atoms with E-state index in [9.17, 15) is 8.42 Å². The lowest BCUT2D eigenvalue weighted by Gasteiger charge is -2.22. The fourth-order valence-corrected chi connectivity index (χ4v) is 3.12. The van der Waals surface area contributed by atoms with E-state index >= 15 is 0 Å². The van der Waals surface area contributed by atoms with Crippen molar-refractivity contribution in [1.29, 1.82) is 0 Å². The first-order valence-electron chi connectivity index (χ1n) is 7.09. The molecular formula is C16H27NO2S. The second-order valence-corrected chi connectivity index (χ2v) is 9.63. The van der Waals surface area contributed by atoms with Crippen molar-refractivity contribution < 1.29 is 8.42 Å². The van der Waals surface area contributed by atoms with Crippen molar-refractivity contribution in [1.82, 2.24) is 0 Å². The van der Waals surface area contributed by atoms with Gasteiger partial charge in [-0.25, -0.2) is 8.42 Å². The summed E-state index contributed by atoms with van der Waals surface area (Å²) < 4.78 is 23.6. The van der Waals surface area contributed by atoms with Crippen LogP contribution in [0, 0.1) is 5.92 Å². The van der Waals surface area contributed by atoms with Gasteiger partial charge in [0.15, 0.2) is 9.84 Å². The summed E-state index contributed by atoms with van der Waals surface area (Å²) >= 11 is 0. The first-order valence-corrected chi connectivity index (χ1v) is 8.75. The Kier molecular flexibility index (Phi) is 5.39. The summed E-state index contributed by atoms with van der Waals surface area (Å²) in [5, 5.41) is 0. The molecule has 0 aliphatic carbocycles. The monoisotopic (exact) mass is 297 g/mol. The van der Waals surface area contributed by atoms with E-state index in [1.165, 1.54) is 5.56 Å². The summed E-state index contributed by atoms with van der Waals surface area (Å²) in [4.78, 5) is 0. The minimum Gasteiger partial charge on any atom is -0.323 e. The Hall–Kier alpha value is -0.870. The molecule has 4 heteroatoms. The molecule has 20 heavy (non-hydrogen) atoms. The number of benzene rings is 1. The van der Waals surface area contributed by atoms with Crippen LogP contribution in [0.25, 0.3) is 0 Å². The minimum atomic E-state index is -3.20. The van der Waals surface area contributed by atoms with Gasteiger partial charge in [0.1, 0.15) is 0 Å². The van der Waals surface area contributed by atoms with Gasteiger partial charge in [-0.1, -0.05) is 38.1 Å². The number of hydrogen-bond donors (Lipinski definition) is 1. The first-order chi connectivity index (χ1) is 9.03. The second-order valence-electron chi connectivity index (χ2n) is 6.84. The zero-order chi connectivity index (χ0) is 15.6. The quantitative estimate of drug-likeness (QED) is 0.908. The van der Waals surface area contributed by atoms with Crippen molar-refractivity contribution in [3.05, 3.63) is 35.4 Å². The zero-order valence-electron chi connectivity index (χ0n) is 13.2. The maximum absolute atomic E-state index is 12.2. The Bertz CT molecular complexity index is 525. The standard InChI is InChI=1S/C16H27NO2S/c1-12(2)10-13-6-8-14(9-7-13)15(17)11-20(18,19)16(3,4)5/h6-9,12,15H,10-11,17H2,1-5H3. The topological polar surface area (TPSA) is 60.2 Å². The molecule has 0 saturated carbocycles. The van der Waals surface area contributed by atoms with Crippen molar-refractivity contribution in [3.8, 4) is 0 Å². The highest BCUT2D eigenvalue weighted by Gasteiger charge is 2.30. The predicted molar refractivity (Wildman–Crippen MR) is 85.5 cm³/mol. The molecule has 1 aromatic carbocycles. The molecule has 0 aromatic heterocycles. The van der Waals surface area contributed by atoms with E-state index in [4.69, 9.17) is 5.73 Å². The number of sulfone groups is 1. The lowest BCUT2D eigenvalue weighted by Crippen LogP contribution is -2.34. The molecule has 0 radical (unpaired) electrons. The van der Waals surface area contributed by atoms with Gasteiger partial charge in [-0.2, -0.15) is 0 Å². The van der Waals surface area contributed by atoms with Gasteiger partial charge in [-0.15, -0.1) is 0 Å². The van der Waals surface area contributed by atoms with Gasteiger partial charge in [-0.05, 0) is 44.2 Å². The van der Waals surface area contributed by atoms with Crippen LogP contribution in [-0.4, -0.2) is 18.9 Å². The summed E-state index contributed by atoms with van der Waals surface area (Å²) in [6.45, 7) is 9.48. The second kappa shape index (κ2) is 6.27. The third-order valence-electron chi connectivity index (χ3n) is 3.38. The van der Waals surface area contributed by atoms with Gasteiger partial charge < -0.3 is 5.73 Å². The maximum atomic E-state index is 12.2. The summed E-state index contributed by atoms with van der Waals surface area (Å²) in [6.07, 6.45) is 1.02. The molecule has 0 saturated heterocycles. The van der Waals surface area contributed by atoms with Crippen molar-refractivity contribution in [2.45, 2.75) is 51.8 Å². The fourth-order valence-electron chi connectivity index (χ4n) is 1.95. The van der Waals surface area contributed by atoms with E-state index in [0.29, 0.717) is 5.92 Å². The minimum absolute atomic E-state index is 0.0139. The molecular weight excluding hydrogens is 270 g/mol. The maximum Gasteiger partial charge on any atom is 0.157 e. The van der Waals surface area contributed by atoms with E-state index in [2.05, 4.69) is 13.8 Å². The molecule has 0 aliphatic rings. The molecule has 2 N–H and O–H groups in total. The predicted octanol–water partition coefficient (Wildman–Crippen LogP) is 3.10. The van der Waals surface area contributed by atoms with Crippen molar-refractivity contribution in [2.24, 2.45) is 11.7 Å². The molecule has 1 rings (SSSR count). The molecule has 1 atom stereocenters. The third kappa shape index (κ3) is 4.60. The van der Waals surface area contributed by atoms with Gasteiger partial charge in [0, 0.05) is 6.04 Å². The van der Waals surface area contributed by atoms with Gasteiger partial charge >= 0.3 is 0 Å². The molecule has 0 aliphatic heterocycles. The van der Waals surface area contributed by atoms with Crippen LogP contribution in [0.3, 0.4) is 0 Å². The number of hydrogen-bond acceptors (Lipinski definition) is 3. The Morgan fingerprint density at radius 3 is 2.00 bits per heavy atom. The Morgan fingerprint density at radius 2 is 1.60 bits per heavy atom. The molecule has 1 aromatic rings. The van der Waals surface area contributed by atoms with Gasteiger partial charge in [0.2, 0.25) is 0 Å². The Morgan fingerprint density at radius 1 is 1.10 bits per heavy atom. The van der Waals surface area contributed by atoms with Crippen LogP contribution in [0.4, 0.5) is 0 Å². The molecule has 0 heterocycles. The third-order valence-corrected chi connectivity index (χ3v) is 6.05. The lowest BCUT2D eigenvalue weighted by atomic mass is 10.0. The molecule has 0 amide bonds. The van der Waals surface area contributed by atoms with Gasteiger partial charge in [0.25, 0.3) is 0 Å². The molecule has 0 fully saturated rings. The summed E-state index contributed by atoms with van der Waals surface area (Å²) in [5.74, 6) is 0.593. The van der Waals surface area contributed by atoms with Crippen molar-refractivity contribution in [3.63, 3.8) is 0 Å². The highest BCUT2D eigenvalue weighted by molar-refractivity contribution is 7.92. The Labute approximate surface area is 123 Å². The average Bonchev–Trinajstić information content (AvgIpc) is 2.26. The van der Waals surface area contributed by atoms with E-state index in [1.807, 2.05) is 24.3 Å². The van der Waals surface area contributed by atoms with Crippen LogP contribution in [0.15, 0.2) is 24.3 Å². The normalized spacial score (nSPS) is 14.6. The zero-order valence-corrected chi connectivity index (χ0v) is 14.0. The number of nitrogens with two attached hydrogens (primary N) is 1. The smallest absolute Gasteiger partial charge is 0.157 e. The lowest BCUT2D eigenvalue weighted by molar-refractivity contribution is 0.553.